The second kappa shape index (κ2) is 11.4. The summed E-state index contributed by atoms with van der Waals surface area (Å²) < 4.78 is 18.0. The van der Waals surface area contributed by atoms with Crippen LogP contribution in [0, 0.1) is 16.7 Å². The smallest absolute Gasteiger partial charge is 0.370 e. The van der Waals surface area contributed by atoms with Gasteiger partial charge in [-0.3, -0.25) is 19.2 Å². The Kier molecular flexibility index (Phi) is 10.5. The van der Waals surface area contributed by atoms with Crippen LogP contribution in [-0.4, -0.2) is 52.6 Å². The van der Waals surface area contributed by atoms with E-state index in [0.717, 1.165) is 0 Å². The van der Waals surface area contributed by atoms with E-state index in [1.807, 2.05) is 0 Å². The molecule has 178 valence electrons. The molecule has 0 aromatic rings. The van der Waals surface area contributed by atoms with Gasteiger partial charge in [-0.15, -0.1) is 0 Å². The minimum absolute atomic E-state index is 0.545. The molecule has 10 nitrogen and oxygen atoms in total. The van der Waals surface area contributed by atoms with Gasteiger partial charge in [0.25, 0.3) is 0 Å². The highest BCUT2D eigenvalue weighted by Gasteiger charge is 2.40. The zero-order chi connectivity index (χ0) is 24.6. The predicted molar refractivity (Wildman–Crippen MR) is 111 cm³/mol. The summed E-state index contributed by atoms with van der Waals surface area (Å²) in [5.41, 5.74) is -1.55. The molecule has 1 atom stereocenters. The number of hydrogen-bond donors (Lipinski definition) is 1. The number of carboxylic acids is 1. The summed E-state index contributed by atoms with van der Waals surface area (Å²) in [4.78, 5) is 59.0. The Bertz CT molecular complexity index is 685. The van der Waals surface area contributed by atoms with Crippen LogP contribution in [0.15, 0.2) is 0 Å². The molecule has 0 radical (unpaired) electrons. The lowest BCUT2D eigenvalue weighted by molar-refractivity contribution is -0.175. The first kappa shape index (κ1) is 28.7. The van der Waals surface area contributed by atoms with Crippen LogP contribution in [0.1, 0.15) is 61.8 Å². The van der Waals surface area contributed by atoms with Crippen molar-refractivity contribution in [1.82, 2.24) is 0 Å². The van der Waals surface area contributed by atoms with Crippen molar-refractivity contribution >= 4 is 40.9 Å². The Labute approximate surface area is 186 Å². The molecule has 0 unspecified atom stereocenters. The van der Waals surface area contributed by atoms with Gasteiger partial charge in [-0.1, -0.05) is 0 Å². The average Bonchev–Trinajstić information content (AvgIpc) is 2.56. The van der Waals surface area contributed by atoms with E-state index in [4.69, 9.17) is 18.9 Å². The summed E-state index contributed by atoms with van der Waals surface area (Å²) in [6.07, 6.45) is -0.561. The Morgan fingerprint density at radius 1 is 0.742 bits per heavy atom. The number of thioether (sulfide) groups is 1. The van der Waals surface area contributed by atoms with Crippen LogP contribution in [0.2, 0.25) is 0 Å². The number of carboxylic acid groups (broad SMARTS) is 1. The molecule has 0 aliphatic rings. The topological polar surface area (TPSA) is 142 Å². The van der Waals surface area contributed by atoms with Crippen molar-refractivity contribution in [1.29, 1.82) is 0 Å². The number of carbonyl (C=O) groups excluding carboxylic acids is 4. The Morgan fingerprint density at radius 2 is 1.16 bits per heavy atom. The van der Waals surface area contributed by atoms with Crippen LogP contribution < -0.4 is 0 Å². The molecule has 0 heterocycles. The van der Waals surface area contributed by atoms with Gasteiger partial charge >= 0.3 is 29.2 Å². The molecule has 0 aliphatic heterocycles. The SMILES string of the molecule is CC(C)(C)C(=O)OCOC(=O)C[C@@H](C(=O)O)C(C)(C)SC(=O)OCOC(=O)C(C)(C)C. The van der Waals surface area contributed by atoms with E-state index in [0.29, 0.717) is 11.8 Å². The third kappa shape index (κ3) is 11.0. The second-order valence-electron chi connectivity index (χ2n) is 9.31. The van der Waals surface area contributed by atoms with E-state index in [2.05, 4.69) is 0 Å². The molecular weight excluding hydrogens is 432 g/mol. The van der Waals surface area contributed by atoms with Crippen LogP contribution >= 0.6 is 11.8 Å². The Balaban J connectivity index is 4.75. The molecule has 0 aromatic carbocycles. The summed E-state index contributed by atoms with van der Waals surface area (Å²) in [6, 6.07) is 0. The second-order valence-corrected chi connectivity index (χ2v) is 10.9. The summed E-state index contributed by atoms with van der Waals surface area (Å²) in [5.74, 6) is -4.69. The number of rotatable bonds is 9. The molecule has 31 heavy (non-hydrogen) atoms. The number of aliphatic carboxylic acids is 1. The number of hydrogen-bond acceptors (Lipinski definition) is 10. The minimum Gasteiger partial charge on any atom is -0.481 e. The maximum absolute atomic E-state index is 12.0. The molecule has 0 saturated carbocycles. The molecule has 1 N–H and O–H groups in total. The van der Waals surface area contributed by atoms with Gasteiger partial charge in [0.15, 0.2) is 0 Å². The molecule has 0 saturated heterocycles. The van der Waals surface area contributed by atoms with Crippen molar-refractivity contribution in [3.05, 3.63) is 0 Å². The van der Waals surface area contributed by atoms with Crippen LogP contribution in [0.4, 0.5) is 4.79 Å². The van der Waals surface area contributed by atoms with Crippen LogP contribution in [0.25, 0.3) is 0 Å². The first-order chi connectivity index (χ1) is 13.9. The fraction of sp³-hybridized carbons (Fsp3) is 0.750. The van der Waals surface area contributed by atoms with Gasteiger partial charge in [0.1, 0.15) is 0 Å². The fourth-order valence-electron chi connectivity index (χ4n) is 1.88. The van der Waals surface area contributed by atoms with Crippen molar-refractivity contribution in [2.75, 3.05) is 13.6 Å². The van der Waals surface area contributed by atoms with Crippen molar-refractivity contribution in [3.63, 3.8) is 0 Å². The molecule has 11 heteroatoms. The van der Waals surface area contributed by atoms with Crippen molar-refractivity contribution in [2.45, 2.75) is 66.6 Å². The summed E-state index contributed by atoms with van der Waals surface area (Å²) >= 11 is 0.545. The highest BCUT2D eigenvalue weighted by Crippen LogP contribution is 2.36. The zero-order valence-corrected chi connectivity index (χ0v) is 20.0. The molecule has 0 rings (SSSR count). The van der Waals surface area contributed by atoms with Crippen molar-refractivity contribution < 1.29 is 48.0 Å². The third-order valence-corrected chi connectivity index (χ3v) is 4.95. The van der Waals surface area contributed by atoms with Gasteiger partial charge in [0.05, 0.1) is 23.2 Å². The Morgan fingerprint density at radius 3 is 1.55 bits per heavy atom. The van der Waals surface area contributed by atoms with Gasteiger partial charge in [0, 0.05) is 4.75 Å². The number of ether oxygens (including phenoxy) is 4. The van der Waals surface area contributed by atoms with E-state index in [9.17, 15) is 29.1 Å². The third-order valence-electron chi connectivity index (χ3n) is 3.86. The summed E-state index contributed by atoms with van der Waals surface area (Å²) in [7, 11) is 0. The monoisotopic (exact) mass is 464 g/mol. The summed E-state index contributed by atoms with van der Waals surface area (Å²) in [6.45, 7) is 11.4. The molecule has 0 spiro atoms. The van der Waals surface area contributed by atoms with E-state index in [-0.39, 0.29) is 0 Å². The Hall–Kier alpha value is -2.30. The first-order valence-electron chi connectivity index (χ1n) is 9.46. The van der Waals surface area contributed by atoms with Crippen LogP contribution in [0.3, 0.4) is 0 Å². The first-order valence-corrected chi connectivity index (χ1v) is 10.3. The minimum atomic E-state index is -1.33. The van der Waals surface area contributed by atoms with Crippen LogP contribution in [-0.2, 0) is 38.1 Å². The van der Waals surface area contributed by atoms with E-state index >= 15 is 0 Å². The number of esters is 3. The molecular formula is C20H32O10S. The lowest BCUT2D eigenvalue weighted by Gasteiger charge is -2.29. The lowest BCUT2D eigenvalue weighted by Crippen LogP contribution is -2.37. The van der Waals surface area contributed by atoms with Gasteiger partial charge in [-0.05, 0) is 67.2 Å². The van der Waals surface area contributed by atoms with Gasteiger partial charge in [-0.2, -0.15) is 0 Å². The van der Waals surface area contributed by atoms with Gasteiger partial charge in [0.2, 0.25) is 13.6 Å². The highest BCUT2D eigenvalue weighted by atomic mass is 32.2. The predicted octanol–water partition coefficient (Wildman–Crippen LogP) is 3.36. The van der Waals surface area contributed by atoms with Crippen LogP contribution in [0.5, 0.6) is 0 Å². The maximum Gasteiger partial charge on any atom is 0.370 e. The van der Waals surface area contributed by atoms with Crippen molar-refractivity contribution in [2.24, 2.45) is 16.7 Å². The van der Waals surface area contributed by atoms with Gasteiger partial charge in [-0.25, -0.2) is 4.79 Å². The fourth-order valence-corrected chi connectivity index (χ4v) is 2.75. The quantitative estimate of drug-likeness (QED) is 0.396. The van der Waals surface area contributed by atoms with Crippen molar-refractivity contribution in [3.8, 4) is 0 Å². The molecule has 0 fully saturated rings. The molecule has 0 aliphatic carbocycles. The number of carbonyl (C=O) groups is 5. The van der Waals surface area contributed by atoms with E-state index in [1.54, 1.807) is 41.5 Å². The van der Waals surface area contributed by atoms with E-state index in [1.165, 1.54) is 13.8 Å². The molecule has 0 bridgehead atoms. The van der Waals surface area contributed by atoms with Gasteiger partial charge < -0.3 is 24.1 Å². The lowest BCUT2D eigenvalue weighted by atomic mass is 9.92. The largest absolute Gasteiger partial charge is 0.481 e. The summed E-state index contributed by atoms with van der Waals surface area (Å²) in [5, 5.41) is 8.63. The van der Waals surface area contributed by atoms with E-state index < -0.39 is 70.7 Å². The average molecular weight is 465 g/mol. The zero-order valence-electron chi connectivity index (χ0n) is 19.2. The molecule has 0 amide bonds. The normalized spacial score (nSPS) is 13.0. The maximum atomic E-state index is 12.0. The standard InChI is InChI=1S/C20H32O10S/c1-18(2,3)15(24)28-10-27-13(21)9-12(14(22)23)20(7,8)31-17(26)30-11-29-16(25)19(4,5)6/h12H,9-11H2,1-8H3,(H,22,23)/t12-/m0/s1. The molecule has 0 aromatic heterocycles. The highest BCUT2D eigenvalue weighted by molar-refractivity contribution is 8.14.